The largest absolute Gasteiger partial charge is 0.325 e. The molecule has 28 heavy (non-hydrogen) atoms. The molecule has 3 rings (SSSR count). The Balaban J connectivity index is 1.74. The third-order valence-electron chi connectivity index (χ3n) is 4.20. The fraction of sp³-hybridized carbons (Fsp3) is 0.250. The second-order valence-corrected chi connectivity index (χ2v) is 7.42. The molecule has 0 spiro atoms. The van der Waals surface area contributed by atoms with E-state index in [-0.39, 0.29) is 16.9 Å². The normalized spacial score (nSPS) is 11.8. The molecule has 0 radical (unpaired) electrons. The van der Waals surface area contributed by atoms with Gasteiger partial charge in [0.25, 0.3) is 0 Å². The molecular formula is C20H21N5O2S. The van der Waals surface area contributed by atoms with Crippen molar-refractivity contribution in [1.29, 1.82) is 0 Å². The zero-order valence-electron chi connectivity index (χ0n) is 15.9. The number of carbonyl (C=O) groups excluding carboxylic acids is 2. The average Bonchev–Trinajstić information content (AvgIpc) is 3.07. The van der Waals surface area contributed by atoms with Crippen LogP contribution in [0.15, 0.2) is 53.9 Å². The van der Waals surface area contributed by atoms with E-state index in [9.17, 15) is 9.59 Å². The molecule has 1 atom stereocenters. The molecule has 0 saturated heterocycles. The third-order valence-corrected chi connectivity index (χ3v) is 5.60. The Hall–Kier alpha value is -3.00. The predicted octanol–water partition coefficient (Wildman–Crippen LogP) is 3.59. The van der Waals surface area contributed by atoms with Crippen LogP contribution in [0.4, 0.5) is 5.69 Å². The summed E-state index contributed by atoms with van der Waals surface area (Å²) in [5.41, 5.74) is 2.03. The van der Waals surface area contributed by atoms with Crippen molar-refractivity contribution < 1.29 is 9.59 Å². The van der Waals surface area contributed by atoms with E-state index in [0.717, 1.165) is 5.56 Å². The first-order chi connectivity index (χ1) is 13.5. The van der Waals surface area contributed by atoms with Crippen LogP contribution in [0.1, 0.15) is 30.6 Å². The summed E-state index contributed by atoms with van der Waals surface area (Å²) in [5, 5.41) is 11.7. The van der Waals surface area contributed by atoms with E-state index >= 15 is 0 Å². The van der Waals surface area contributed by atoms with Gasteiger partial charge in [0.1, 0.15) is 0 Å². The Morgan fingerprint density at radius 1 is 1.21 bits per heavy atom. The number of nitrogens with zero attached hydrogens (tertiary/aromatic N) is 4. The van der Waals surface area contributed by atoms with Gasteiger partial charge < -0.3 is 9.88 Å². The molecule has 1 aromatic carbocycles. The minimum absolute atomic E-state index is 0.0421. The first-order valence-corrected chi connectivity index (χ1v) is 9.76. The number of benzene rings is 1. The Kier molecular flexibility index (Phi) is 6.20. The lowest BCUT2D eigenvalue weighted by Gasteiger charge is -2.14. The summed E-state index contributed by atoms with van der Waals surface area (Å²) >= 11 is 1.36. The molecule has 0 aliphatic carbocycles. The maximum atomic E-state index is 12.7. The summed E-state index contributed by atoms with van der Waals surface area (Å²) in [6.07, 6.45) is 4.05. The standard InChI is InChI=1S/C20H21N5O2S/c1-4-17(19(27)22-16-9-5-7-14(11-16)13(2)26)28-20-24-23-18(25(20)3)15-8-6-10-21-12-15/h5-12,17H,4H2,1-3H3,(H,22,27)/t17-/m1/s1. The van der Waals surface area contributed by atoms with Crippen LogP contribution in [0.2, 0.25) is 0 Å². The number of hydrogen-bond donors (Lipinski definition) is 1. The van der Waals surface area contributed by atoms with Gasteiger partial charge in [-0.2, -0.15) is 0 Å². The third kappa shape index (κ3) is 4.45. The highest BCUT2D eigenvalue weighted by Gasteiger charge is 2.22. The second kappa shape index (κ2) is 8.79. The molecule has 1 N–H and O–H groups in total. The van der Waals surface area contributed by atoms with Gasteiger partial charge in [0.05, 0.1) is 5.25 Å². The number of hydrogen-bond acceptors (Lipinski definition) is 6. The SMILES string of the molecule is CC[C@@H](Sc1nnc(-c2cccnc2)n1C)C(=O)Nc1cccc(C(C)=O)c1. The van der Waals surface area contributed by atoms with E-state index in [0.29, 0.717) is 28.7 Å². The van der Waals surface area contributed by atoms with Crippen molar-refractivity contribution in [3.05, 3.63) is 54.4 Å². The predicted molar refractivity (Wildman–Crippen MR) is 109 cm³/mol. The number of amides is 1. The molecule has 144 valence electrons. The van der Waals surface area contributed by atoms with E-state index in [4.69, 9.17) is 0 Å². The number of ketones is 1. The van der Waals surface area contributed by atoms with E-state index < -0.39 is 0 Å². The fourth-order valence-corrected chi connectivity index (χ4v) is 3.57. The quantitative estimate of drug-likeness (QED) is 0.486. The molecule has 7 nitrogen and oxygen atoms in total. The van der Waals surface area contributed by atoms with E-state index in [1.54, 1.807) is 36.7 Å². The lowest BCUT2D eigenvalue weighted by molar-refractivity contribution is -0.115. The van der Waals surface area contributed by atoms with Crippen LogP contribution in [0.3, 0.4) is 0 Å². The maximum Gasteiger partial charge on any atom is 0.237 e. The van der Waals surface area contributed by atoms with E-state index in [2.05, 4.69) is 20.5 Å². The molecular weight excluding hydrogens is 374 g/mol. The molecule has 8 heteroatoms. The molecule has 1 amide bonds. The first kappa shape index (κ1) is 19.8. The summed E-state index contributed by atoms with van der Waals surface area (Å²) in [7, 11) is 1.87. The minimum Gasteiger partial charge on any atom is -0.325 e. The van der Waals surface area contributed by atoms with Crippen molar-refractivity contribution in [3.8, 4) is 11.4 Å². The Morgan fingerprint density at radius 2 is 2.04 bits per heavy atom. The Morgan fingerprint density at radius 3 is 2.71 bits per heavy atom. The Labute approximate surface area is 167 Å². The molecule has 0 unspecified atom stereocenters. The zero-order valence-corrected chi connectivity index (χ0v) is 16.7. The van der Waals surface area contributed by atoms with Gasteiger partial charge in [-0.15, -0.1) is 10.2 Å². The van der Waals surface area contributed by atoms with Crippen molar-refractivity contribution in [1.82, 2.24) is 19.7 Å². The number of anilines is 1. The van der Waals surface area contributed by atoms with Gasteiger partial charge in [0.2, 0.25) is 5.91 Å². The van der Waals surface area contributed by atoms with Crippen molar-refractivity contribution in [2.24, 2.45) is 7.05 Å². The monoisotopic (exact) mass is 395 g/mol. The number of aromatic nitrogens is 4. The van der Waals surface area contributed by atoms with Crippen molar-refractivity contribution in [2.45, 2.75) is 30.7 Å². The second-order valence-electron chi connectivity index (χ2n) is 6.25. The highest BCUT2D eigenvalue weighted by atomic mass is 32.2. The van der Waals surface area contributed by atoms with Gasteiger partial charge in [-0.1, -0.05) is 30.8 Å². The smallest absolute Gasteiger partial charge is 0.237 e. The maximum absolute atomic E-state index is 12.7. The highest BCUT2D eigenvalue weighted by molar-refractivity contribution is 8.00. The summed E-state index contributed by atoms with van der Waals surface area (Å²) in [5.74, 6) is 0.513. The van der Waals surface area contributed by atoms with Crippen LogP contribution in [0.25, 0.3) is 11.4 Å². The lowest BCUT2D eigenvalue weighted by atomic mass is 10.1. The summed E-state index contributed by atoms with van der Waals surface area (Å²) in [6.45, 7) is 3.45. The van der Waals surface area contributed by atoms with Crippen molar-refractivity contribution in [3.63, 3.8) is 0 Å². The number of Topliss-reactive ketones (excluding diaryl/α,β-unsaturated/α-hetero) is 1. The van der Waals surface area contributed by atoms with Gasteiger partial charge in [-0.05, 0) is 37.6 Å². The van der Waals surface area contributed by atoms with Crippen LogP contribution >= 0.6 is 11.8 Å². The van der Waals surface area contributed by atoms with Crippen molar-refractivity contribution in [2.75, 3.05) is 5.32 Å². The molecule has 0 saturated carbocycles. The number of carbonyl (C=O) groups is 2. The molecule has 2 aromatic heterocycles. The van der Waals surface area contributed by atoms with Gasteiger partial charge >= 0.3 is 0 Å². The molecule has 3 aromatic rings. The summed E-state index contributed by atoms with van der Waals surface area (Å²) < 4.78 is 1.86. The van der Waals surface area contributed by atoms with Crippen LogP contribution in [-0.4, -0.2) is 36.7 Å². The molecule has 0 bridgehead atoms. The minimum atomic E-state index is -0.342. The van der Waals surface area contributed by atoms with Gasteiger partial charge in [-0.25, -0.2) is 0 Å². The van der Waals surface area contributed by atoms with Crippen LogP contribution in [0, 0.1) is 0 Å². The van der Waals surface area contributed by atoms with Crippen LogP contribution in [0.5, 0.6) is 0 Å². The Bertz CT molecular complexity index is 987. The molecule has 0 aliphatic heterocycles. The number of nitrogens with one attached hydrogen (secondary N) is 1. The van der Waals surface area contributed by atoms with Crippen LogP contribution in [-0.2, 0) is 11.8 Å². The van der Waals surface area contributed by atoms with Crippen molar-refractivity contribution >= 4 is 29.1 Å². The van der Waals surface area contributed by atoms with E-state index in [1.807, 2.05) is 30.7 Å². The first-order valence-electron chi connectivity index (χ1n) is 8.88. The topological polar surface area (TPSA) is 89.8 Å². The van der Waals surface area contributed by atoms with E-state index in [1.165, 1.54) is 18.7 Å². The summed E-state index contributed by atoms with van der Waals surface area (Å²) in [6, 6.07) is 10.7. The zero-order chi connectivity index (χ0) is 20.1. The molecule has 0 fully saturated rings. The summed E-state index contributed by atoms with van der Waals surface area (Å²) in [4.78, 5) is 28.4. The van der Waals surface area contributed by atoms with Gasteiger partial charge in [0, 0.05) is 36.3 Å². The lowest BCUT2D eigenvalue weighted by Crippen LogP contribution is -2.25. The average molecular weight is 395 g/mol. The molecule has 2 heterocycles. The van der Waals surface area contributed by atoms with Crippen LogP contribution < -0.4 is 5.32 Å². The number of pyridine rings is 1. The number of thioether (sulfide) groups is 1. The highest BCUT2D eigenvalue weighted by Crippen LogP contribution is 2.27. The number of rotatable bonds is 7. The fourth-order valence-electron chi connectivity index (χ4n) is 2.65. The van der Waals surface area contributed by atoms with Gasteiger partial charge in [-0.3, -0.25) is 14.6 Å². The molecule has 0 aliphatic rings. The van der Waals surface area contributed by atoms with Gasteiger partial charge in [0.15, 0.2) is 16.8 Å².